The van der Waals surface area contributed by atoms with Crippen molar-refractivity contribution in [2.45, 2.75) is 77.2 Å². The van der Waals surface area contributed by atoms with Crippen molar-refractivity contribution in [3.63, 3.8) is 0 Å². The second-order valence-electron chi connectivity index (χ2n) is 5.87. The van der Waals surface area contributed by atoms with Crippen molar-refractivity contribution in [1.82, 2.24) is 0 Å². The number of hydrogen-bond acceptors (Lipinski definition) is 2. The Kier molecular flexibility index (Phi) is 9.38. The maximum Gasteiger partial charge on any atom is 0.327 e. The molecule has 0 heterocycles. The van der Waals surface area contributed by atoms with Crippen molar-refractivity contribution in [3.8, 4) is 0 Å². The number of rotatable bonds is 10. The number of unbranched alkanes of at least 4 members (excludes halogenated alkanes) is 5. The number of ether oxygens (including phenoxy) is 1. The Labute approximate surface area is 123 Å². The van der Waals surface area contributed by atoms with Gasteiger partial charge in [0.15, 0.2) is 0 Å². The molecule has 0 unspecified atom stereocenters. The van der Waals surface area contributed by atoms with Gasteiger partial charge in [0.05, 0.1) is 6.10 Å². The first-order chi connectivity index (χ1) is 9.72. The van der Waals surface area contributed by atoms with Crippen LogP contribution in [0.25, 0.3) is 0 Å². The first-order valence-corrected chi connectivity index (χ1v) is 8.25. The lowest BCUT2D eigenvalue weighted by Gasteiger charge is -2.26. The van der Waals surface area contributed by atoms with E-state index in [4.69, 9.17) is 9.84 Å². The van der Waals surface area contributed by atoms with Crippen LogP contribution in [-0.2, 0) is 9.53 Å². The number of carbonyl (C=O) groups is 1. The van der Waals surface area contributed by atoms with Crippen LogP contribution in [0.3, 0.4) is 0 Å². The van der Waals surface area contributed by atoms with E-state index in [2.05, 4.69) is 6.92 Å². The first-order valence-electron chi connectivity index (χ1n) is 8.25. The monoisotopic (exact) mass is 282 g/mol. The summed E-state index contributed by atoms with van der Waals surface area (Å²) < 4.78 is 5.92. The van der Waals surface area contributed by atoms with Gasteiger partial charge in [-0.2, -0.15) is 0 Å². The molecule has 0 aromatic heterocycles. The van der Waals surface area contributed by atoms with Crippen molar-refractivity contribution in [1.29, 1.82) is 0 Å². The molecule has 0 aromatic rings. The Balaban J connectivity index is 1.98. The largest absolute Gasteiger partial charge is 0.478 e. The van der Waals surface area contributed by atoms with E-state index in [1.165, 1.54) is 44.6 Å². The summed E-state index contributed by atoms with van der Waals surface area (Å²) in [4.78, 5) is 10.5. The van der Waals surface area contributed by atoms with Gasteiger partial charge in [0.1, 0.15) is 0 Å². The average Bonchev–Trinajstić information content (AvgIpc) is 2.45. The summed E-state index contributed by atoms with van der Waals surface area (Å²) in [5.74, 6) is -0.411. The number of aliphatic carboxylic acids is 1. The molecule has 1 saturated carbocycles. The Bertz CT molecular complexity index is 278. The molecule has 3 heteroatoms. The zero-order valence-corrected chi connectivity index (χ0v) is 12.9. The maximum atomic E-state index is 10.5. The maximum absolute atomic E-state index is 10.5. The molecule has 1 aliphatic rings. The average molecular weight is 282 g/mol. The fourth-order valence-electron chi connectivity index (χ4n) is 2.80. The van der Waals surface area contributed by atoms with Crippen LogP contribution in [-0.4, -0.2) is 23.8 Å². The third-order valence-corrected chi connectivity index (χ3v) is 4.08. The Morgan fingerprint density at radius 2 is 1.75 bits per heavy atom. The lowest BCUT2D eigenvalue weighted by atomic mass is 9.87. The molecule has 0 radical (unpaired) electrons. The van der Waals surface area contributed by atoms with Crippen molar-refractivity contribution in [2.75, 3.05) is 6.61 Å². The number of hydrogen-bond donors (Lipinski definition) is 1. The summed E-state index contributed by atoms with van der Waals surface area (Å²) in [6.45, 7) is 3.14. The number of carboxylic acids is 1. The van der Waals surface area contributed by atoms with Crippen LogP contribution in [0.4, 0.5) is 0 Å². The highest BCUT2D eigenvalue weighted by Gasteiger charge is 2.19. The summed E-state index contributed by atoms with van der Waals surface area (Å²) >= 11 is 0. The van der Waals surface area contributed by atoms with Gasteiger partial charge >= 0.3 is 5.97 Å². The number of allylic oxidation sites excluding steroid dienone is 1. The highest BCUT2D eigenvalue weighted by Crippen LogP contribution is 2.27. The molecule has 0 saturated heterocycles. The highest BCUT2D eigenvalue weighted by molar-refractivity contribution is 5.79. The van der Waals surface area contributed by atoms with Crippen LogP contribution in [0.5, 0.6) is 0 Å². The molecule has 0 aliphatic heterocycles. The van der Waals surface area contributed by atoms with Gasteiger partial charge in [-0.15, -0.1) is 0 Å². The van der Waals surface area contributed by atoms with E-state index >= 15 is 0 Å². The summed E-state index contributed by atoms with van der Waals surface area (Å²) in [6, 6.07) is 0. The molecule has 1 aliphatic carbocycles. The minimum Gasteiger partial charge on any atom is -0.478 e. The minimum atomic E-state index is -0.841. The topological polar surface area (TPSA) is 46.5 Å². The first kappa shape index (κ1) is 17.2. The SMILES string of the molecule is CCCCCCCCOC1CCC(/C=C/C(=O)O)CC1. The fourth-order valence-corrected chi connectivity index (χ4v) is 2.80. The van der Waals surface area contributed by atoms with Gasteiger partial charge < -0.3 is 9.84 Å². The predicted molar refractivity (Wildman–Crippen MR) is 81.8 cm³/mol. The van der Waals surface area contributed by atoms with E-state index < -0.39 is 5.97 Å². The molecule has 0 amide bonds. The lowest BCUT2D eigenvalue weighted by molar-refractivity contribution is -0.131. The van der Waals surface area contributed by atoms with E-state index in [0.717, 1.165) is 32.3 Å². The predicted octanol–water partition coefficient (Wildman–Crippen LogP) is 4.56. The second kappa shape index (κ2) is 10.9. The van der Waals surface area contributed by atoms with Gasteiger partial charge in [0.25, 0.3) is 0 Å². The van der Waals surface area contributed by atoms with Gasteiger partial charge in [-0.1, -0.05) is 45.1 Å². The van der Waals surface area contributed by atoms with Gasteiger partial charge in [-0.25, -0.2) is 4.79 Å². The lowest BCUT2D eigenvalue weighted by Crippen LogP contribution is -2.21. The molecule has 116 valence electrons. The van der Waals surface area contributed by atoms with Crippen molar-refractivity contribution in [3.05, 3.63) is 12.2 Å². The van der Waals surface area contributed by atoms with Gasteiger partial charge in [-0.05, 0) is 38.0 Å². The molecule has 0 bridgehead atoms. The zero-order chi connectivity index (χ0) is 14.6. The van der Waals surface area contributed by atoms with E-state index in [-0.39, 0.29) is 0 Å². The van der Waals surface area contributed by atoms with Crippen molar-refractivity contribution < 1.29 is 14.6 Å². The van der Waals surface area contributed by atoms with Gasteiger partial charge in [-0.3, -0.25) is 0 Å². The van der Waals surface area contributed by atoms with E-state index in [1.54, 1.807) is 0 Å². The van der Waals surface area contributed by atoms with E-state index in [9.17, 15) is 4.79 Å². The third-order valence-electron chi connectivity index (χ3n) is 4.08. The van der Waals surface area contributed by atoms with Crippen molar-refractivity contribution in [2.24, 2.45) is 5.92 Å². The summed E-state index contributed by atoms with van der Waals surface area (Å²) in [7, 11) is 0. The van der Waals surface area contributed by atoms with E-state index in [0.29, 0.717) is 12.0 Å². The second-order valence-corrected chi connectivity index (χ2v) is 5.87. The third kappa shape index (κ3) is 8.36. The Hall–Kier alpha value is -0.830. The molecular formula is C17H30O3. The van der Waals surface area contributed by atoms with Crippen LogP contribution in [0.15, 0.2) is 12.2 Å². The smallest absolute Gasteiger partial charge is 0.327 e. The molecule has 20 heavy (non-hydrogen) atoms. The van der Waals surface area contributed by atoms with Crippen LogP contribution in [0.1, 0.15) is 71.1 Å². The Morgan fingerprint density at radius 3 is 2.40 bits per heavy atom. The highest BCUT2D eigenvalue weighted by atomic mass is 16.5. The molecule has 3 nitrogen and oxygen atoms in total. The van der Waals surface area contributed by atoms with Crippen LogP contribution < -0.4 is 0 Å². The normalized spacial score (nSPS) is 23.2. The molecule has 0 aromatic carbocycles. The van der Waals surface area contributed by atoms with Crippen LogP contribution in [0, 0.1) is 5.92 Å². The molecule has 1 rings (SSSR count). The molecule has 0 spiro atoms. The molecular weight excluding hydrogens is 252 g/mol. The van der Waals surface area contributed by atoms with Gasteiger partial charge in [0.2, 0.25) is 0 Å². The standard InChI is InChI=1S/C17H30O3/c1-2-3-4-5-6-7-14-20-16-11-8-15(9-12-16)10-13-17(18)19/h10,13,15-16H,2-9,11-12,14H2,1H3,(H,18,19)/b13-10+. The quantitative estimate of drug-likeness (QED) is 0.472. The minimum absolute atomic E-state index is 0.403. The van der Waals surface area contributed by atoms with Crippen molar-refractivity contribution >= 4 is 5.97 Å². The van der Waals surface area contributed by atoms with E-state index in [1.807, 2.05) is 6.08 Å². The van der Waals surface area contributed by atoms with Crippen LogP contribution in [0.2, 0.25) is 0 Å². The van der Waals surface area contributed by atoms with Gasteiger partial charge in [0, 0.05) is 12.7 Å². The molecule has 0 atom stereocenters. The molecule has 1 fully saturated rings. The van der Waals surface area contributed by atoms with Crippen LogP contribution >= 0.6 is 0 Å². The molecule has 1 N–H and O–H groups in total. The summed E-state index contributed by atoms with van der Waals surface area (Å²) in [5.41, 5.74) is 0. The zero-order valence-electron chi connectivity index (χ0n) is 12.9. The summed E-state index contributed by atoms with van der Waals surface area (Å²) in [6.07, 6.45) is 15.6. The number of carboxylic acid groups (broad SMARTS) is 1. The fraction of sp³-hybridized carbons (Fsp3) is 0.824. The Morgan fingerprint density at radius 1 is 1.10 bits per heavy atom. The summed E-state index contributed by atoms with van der Waals surface area (Å²) in [5, 5.41) is 8.61.